The third-order valence-corrected chi connectivity index (χ3v) is 7.04. The molecule has 2 aliphatic heterocycles. The van der Waals surface area contributed by atoms with Gasteiger partial charge in [-0.05, 0) is 43.0 Å². The number of hydrogen-bond acceptors (Lipinski definition) is 5. The highest BCUT2D eigenvalue weighted by atomic mass is 32.1. The van der Waals surface area contributed by atoms with Gasteiger partial charge in [0.05, 0.1) is 11.7 Å². The fourth-order valence-electron chi connectivity index (χ4n) is 4.39. The third-order valence-electron chi connectivity index (χ3n) is 5.90. The summed E-state index contributed by atoms with van der Waals surface area (Å²) in [5, 5.41) is 4.25. The molecule has 1 aromatic carbocycles. The second-order valence-electron chi connectivity index (χ2n) is 7.55. The zero-order valence-electron chi connectivity index (χ0n) is 15.4. The van der Waals surface area contributed by atoms with Gasteiger partial charge >= 0.3 is 0 Å². The Kier molecular flexibility index (Phi) is 4.55. The van der Waals surface area contributed by atoms with E-state index in [1.807, 2.05) is 4.57 Å². The molecule has 0 unspecified atom stereocenters. The molecule has 0 aliphatic carbocycles. The van der Waals surface area contributed by atoms with Gasteiger partial charge in [0, 0.05) is 31.1 Å². The first-order chi connectivity index (χ1) is 13.3. The van der Waals surface area contributed by atoms with Crippen LogP contribution in [0.25, 0.3) is 10.2 Å². The van der Waals surface area contributed by atoms with Crippen LogP contribution >= 0.6 is 11.3 Å². The first-order valence-electron chi connectivity index (χ1n) is 9.77. The van der Waals surface area contributed by atoms with E-state index in [-0.39, 0.29) is 5.56 Å². The zero-order valence-corrected chi connectivity index (χ0v) is 16.2. The first kappa shape index (κ1) is 17.1. The van der Waals surface area contributed by atoms with Crippen LogP contribution in [-0.2, 0) is 19.5 Å². The maximum atomic E-state index is 13.0. The lowest BCUT2D eigenvalue weighted by atomic mass is 9.99. The molecule has 1 N–H and O–H groups in total. The Morgan fingerprint density at radius 2 is 2.11 bits per heavy atom. The van der Waals surface area contributed by atoms with Crippen LogP contribution in [0.1, 0.15) is 28.3 Å². The van der Waals surface area contributed by atoms with E-state index in [9.17, 15) is 4.79 Å². The molecule has 0 saturated carbocycles. The average molecular weight is 381 g/mol. The van der Waals surface area contributed by atoms with E-state index in [0.29, 0.717) is 12.5 Å². The highest BCUT2D eigenvalue weighted by molar-refractivity contribution is 7.18. The van der Waals surface area contributed by atoms with E-state index in [4.69, 9.17) is 0 Å². The van der Waals surface area contributed by atoms with Crippen molar-refractivity contribution in [3.63, 3.8) is 0 Å². The number of nitrogens with zero attached hydrogens (tertiary/aromatic N) is 3. The van der Waals surface area contributed by atoms with Crippen LogP contribution in [0.15, 0.2) is 41.5 Å². The van der Waals surface area contributed by atoms with Gasteiger partial charge in [0.2, 0.25) is 0 Å². The van der Waals surface area contributed by atoms with E-state index in [2.05, 4.69) is 45.5 Å². The summed E-state index contributed by atoms with van der Waals surface area (Å²) in [6, 6.07) is 10.8. The number of likely N-dealkylation sites (tertiary alicyclic amines) is 1. The molecule has 1 atom stereocenters. The minimum absolute atomic E-state index is 0.137. The largest absolute Gasteiger partial charge is 0.312 e. The topological polar surface area (TPSA) is 50.2 Å². The fraction of sp³-hybridized carbons (Fsp3) is 0.429. The summed E-state index contributed by atoms with van der Waals surface area (Å²) < 4.78 is 1.81. The molecule has 6 heteroatoms. The number of aromatic nitrogens is 2. The summed E-state index contributed by atoms with van der Waals surface area (Å²) in [6.07, 6.45) is 3.87. The Labute approximate surface area is 162 Å². The molecule has 1 fully saturated rings. The molecule has 0 bridgehead atoms. The molecule has 140 valence electrons. The lowest BCUT2D eigenvalue weighted by molar-refractivity contribution is 0.316. The van der Waals surface area contributed by atoms with Crippen molar-refractivity contribution in [1.82, 2.24) is 19.8 Å². The Balaban J connectivity index is 1.31. The molecule has 3 aromatic rings. The van der Waals surface area contributed by atoms with Crippen molar-refractivity contribution >= 4 is 21.6 Å². The van der Waals surface area contributed by atoms with E-state index >= 15 is 0 Å². The predicted molar refractivity (Wildman–Crippen MR) is 110 cm³/mol. The SMILES string of the molecule is O=c1c2c3c(sc2ncn1CCN1CC[C@@H](c2ccccc2)C1)CNCC3. The van der Waals surface area contributed by atoms with Gasteiger partial charge in [-0.1, -0.05) is 30.3 Å². The van der Waals surface area contributed by atoms with Gasteiger partial charge in [-0.2, -0.15) is 0 Å². The molecular weight excluding hydrogens is 356 g/mol. The Morgan fingerprint density at radius 3 is 3.00 bits per heavy atom. The van der Waals surface area contributed by atoms with Crippen molar-refractivity contribution in [2.24, 2.45) is 0 Å². The highest BCUT2D eigenvalue weighted by Crippen LogP contribution is 2.30. The second kappa shape index (κ2) is 7.19. The first-order valence-corrected chi connectivity index (χ1v) is 10.6. The zero-order chi connectivity index (χ0) is 18.2. The van der Waals surface area contributed by atoms with Crippen LogP contribution in [0.4, 0.5) is 0 Å². The van der Waals surface area contributed by atoms with Gasteiger partial charge in [0.1, 0.15) is 4.83 Å². The van der Waals surface area contributed by atoms with Crippen LogP contribution < -0.4 is 10.9 Å². The number of hydrogen-bond donors (Lipinski definition) is 1. The molecule has 0 amide bonds. The van der Waals surface area contributed by atoms with E-state index < -0.39 is 0 Å². The van der Waals surface area contributed by atoms with Crippen LogP contribution in [0.2, 0.25) is 0 Å². The van der Waals surface area contributed by atoms with Crippen LogP contribution in [0.3, 0.4) is 0 Å². The number of nitrogens with one attached hydrogen (secondary N) is 1. The van der Waals surface area contributed by atoms with Gasteiger partial charge < -0.3 is 10.2 Å². The monoisotopic (exact) mass is 380 g/mol. The molecule has 5 rings (SSSR count). The molecule has 2 aromatic heterocycles. The molecule has 2 aliphatic rings. The number of thiophene rings is 1. The van der Waals surface area contributed by atoms with Crippen molar-refractivity contribution in [3.05, 3.63) is 63.0 Å². The normalized spacial score (nSPS) is 20.2. The van der Waals surface area contributed by atoms with Crippen molar-refractivity contribution in [1.29, 1.82) is 0 Å². The smallest absolute Gasteiger partial charge is 0.262 e. The Morgan fingerprint density at radius 1 is 1.22 bits per heavy atom. The van der Waals surface area contributed by atoms with Gasteiger partial charge in [-0.15, -0.1) is 11.3 Å². The molecular formula is C21H24N4OS. The Hall–Kier alpha value is -2.02. The fourth-order valence-corrected chi connectivity index (χ4v) is 5.54. The lowest BCUT2D eigenvalue weighted by Gasteiger charge is -2.17. The van der Waals surface area contributed by atoms with Crippen molar-refractivity contribution in [2.75, 3.05) is 26.2 Å². The number of rotatable bonds is 4. The number of benzene rings is 1. The van der Waals surface area contributed by atoms with E-state index in [1.165, 1.54) is 22.4 Å². The maximum Gasteiger partial charge on any atom is 0.262 e. The molecule has 0 radical (unpaired) electrons. The quantitative estimate of drug-likeness (QED) is 0.756. The van der Waals surface area contributed by atoms with Crippen LogP contribution in [0, 0.1) is 0 Å². The predicted octanol–water partition coefficient (Wildman–Crippen LogP) is 2.59. The van der Waals surface area contributed by atoms with Crippen LogP contribution in [0.5, 0.6) is 0 Å². The van der Waals surface area contributed by atoms with Gasteiger partial charge in [-0.25, -0.2) is 4.98 Å². The third kappa shape index (κ3) is 3.22. The van der Waals surface area contributed by atoms with Crippen molar-refractivity contribution < 1.29 is 0 Å². The minimum atomic E-state index is 0.137. The minimum Gasteiger partial charge on any atom is -0.312 e. The average Bonchev–Trinajstić information content (AvgIpc) is 3.33. The summed E-state index contributed by atoms with van der Waals surface area (Å²) in [5.74, 6) is 0.611. The van der Waals surface area contributed by atoms with Crippen molar-refractivity contribution in [3.8, 4) is 0 Å². The van der Waals surface area contributed by atoms with Gasteiger partial charge in [-0.3, -0.25) is 9.36 Å². The highest BCUT2D eigenvalue weighted by Gasteiger charge is 2.24. The van der Waals surface area contributed by atoms with Crippen molar-refractivity contribution in [2.45, 2.75) is 31.8 Å². The molecule has 4 heterocycles. The summed E-state index contributed by atoms with van der Waals surface area (Å²) in [5.41, 5.74) is 2.79. The maximum absolute atomic E-state index is 13.0. The molecule has 1 saturated heterocycles. The summed E-state index contributed by atoms with van der Waals surface area (Å²) >= 11 is 1.67. The van der Waals surface area contributed by atoms with Crippen LogP contribution in [-0.4, -0.2) is 40.6 Å². The molecule has 5 nitrogen and oxygen atoms in total. The molecule has 0 spiro atoms. The van der Waals surface area contributed by atoms with Gasteiger partial charge in [0.25, 0.3) is 5.56 Å². The summed E-state index contributed by atoms with van der Waals surface area (Å²) in [7, 11) is 0. The van der Waals surface area contributed by atoms with E-state index in [1.54, 1.807) is 17.7 Å². The van der Waals surface area contributed by atoms with E-state index in [0.717, 1.165) is 49.4 Å². The molecule has 27 heavy (non-hydrogen) atoms. The number of fused-ring (bicyclic) bond motifs is 3. The van der Waals surface area contributed by atoms with Gasteiger partial charge in [0.15, 0.2) is 0 Å². The Bertz CT molecular complexity index is 1010. The summed E-state index contributed by atoms with van der Waals surface area (Å²) in [6.45, 7) is 5.61. The summed E-state index contributed by atoms with van der Waals surface area (Å²) in [4.78, 5) is 22.3. The standard InChI is InChI=1S/C21H24N4OS/c26-21-19-17-6-8-22-12-18(17)27-20(19)23-14-25(21)11-10-24-9-7-16(13-24)15-4-2-1-3-5-15/h1-5,14,16,22H,6-13H2/t16-/m1/s1. The lowest BCUT2D eigenvalue weighted by Crippen LogP contribution is -2.30. The second-order valence-corrected chi connectivity index (χ2v) is 8.63.